The number of halogens is 1. The molecule has 0 saturated heterocycles. The van der Waals surface area contributed by atoms with Crippen LogP contribution < -0.4 is 15.4 Å². The maximum absolute atomic E-state index is 11.6. The van der Waals surface area contributed by atoms with Crippen LogP contribution in [0.25, 0.3) is 10.8 Å². The summed E-state index contributed by atoms with van der Waals surface area (Å²) in [7, 11) is 1.86. The van der Waals surface area contributed by atoms with Gasteiger partial charge in [0.05, 0.1) is 0 Å². The van der Waals surface area contributed by atoms with Crippen molar-refractivity contribution >= 4 is 29.1 Å². The Labute approximate surface area is 131 Å². The predicted octanol–water partition coefficient (Wildman–Crippen LogP) is 2.36. The summed E-state index contributed by atoms with van der Waals surface area (Å²) in [6, 6.07) is 14.1. The molecule has 4 nitrogen and oxygen atoms in total. The van der Waals surface area contributed by atoms with Crippen molar-refractivity contribution in [2.24, 2.45) is 0 Å². The topological polar surface area (TPSA) is 50.4 Å². The van der Waals surface area contributed by atoms with Gasteiger partial charge < -0.3 is 15.4 Å². The number of hydrogen-bond acceptors (Lipinski definition) is 3. The standard InChI is InChI=1S/C16H20N2O2.ClH/c1-12(17-2)10-18-16(19)11-20-15-8-7-13-5-3-4-6-14(13)9-15;/h3-9,12,17H,10-11H2,1-2H3,(H,18,19);1H. The number of ether oxygens (including phenoxy) is 1. The number of benzene rings is 2. The molecule has 1 unspecified atom stereocenters. The largest absolute Gasteiger partial charge is 0.484 e. The van der Waals surface area contributed by atoms with Gasteiger partial charge in [0.1, 0.15) is 5.75 Å². The first-order valence-corrected chi connectivity index (χ1v) is 6.74. The smallest absolute Gasteiger partial charge is 0.257 e. The van der Waals surface area contributed by atoms with Crippen LogP contribution in [-0.4, -0.2) is 32.1 Å². The lowest BCUT2D eigenvalue weighted by Crippen LogP contribution is -2.39. The van der Waals surface area contributed by atoms with E-state index in [2.05, 4.69) is 10.6 Å². The van der Waals surface area contributed by atoms with E-state index in [-0.39, 0.29) is 31.0 Å². The summed E-state index contributed by atoms with van der Waals surface area (Å²) < 4.78 is 5.51. The zero-order valence-corrected chi connectivity index (χ0v) is 13.1. The third-order valence-electron chi connectivity index (χ3n) is 3.19. The SMILES string of the molecule is CNC(C)CNC(=O)COc1ccc2ccccc2c1.Cl. The number of amides is 1. The van der Waals surface area contributed by atoms with Gasteiger partial charge in [0.25, 0.3) is 5.91 Å². The molecule has 114 valence electrons. The maximum Gasteiger partial charge on any atom is 0.257 e. The molecule has 2 aromatic rings. The second kappa shape index (κ2) is 8.49. The van der Waals surface area contributed by atoms with E-state index in [1.807, 2.05) is 56.4 Å². The zero-order valence-electron chi connectivity index (χ0n) is 12.3. The number of carbonyl (C=O) groups is 1. The second-order valence-corrected chi connectivity index (χ2v) is 4.79. The molecule has 0 aliphatic carbocycles. The van der Waals surface area contributed by atoms with Gasteiger partial charge in [-0.25, -0.2) is 0 Å². The Morgan fingerprint density at radius 1 is 1.19 bits per heavy atom. The van der Waals surface area contributed by atoms with Crippen molar-refractivity contribution in [2.45, 2.75) is 13.0 Å². The lowest BCUT2D eigenvalue weighted by atomic mass is 10.1. The number of fused-ring (bicyclic) bond motifs is 1. The molecular formula is C16H21ClN2O2. The van der Waals surface area contributed by atoms with Crippen LogP contribution in [0.15, 0.2) is 42.5 Å². The zero-order chi connectivity index (χ0) is 14.4. The average molecular weight is 309 g/mol. The fourth-order valence-corrected chi connectivity index (χ4v) is 1.83. The predicted molar refractivity (Wildman–Crippen MR) is 88.2 cm³/mol. The molecule has 0 heterocycles. The van der Waals surface area contributed by atoms with Crippen molar-refractivity contribution in [2.75, 3.05) is 20.2 Å². The minimum absolute atomic E-state index is 0. The van der Waals surface area contributed by atoms with Crippen LogP contribution in [-0.2, 0) is 4.79 Å². The molecule has 2 aromatic carbocycles. The first-order chi connectivity index (χ1) is 9.69. The minimum atomic E-state index is -0.111. The van der Waals surface area contributed by atoms with E-state index in [4.69, 9.17) is 4.74 Å². The first kappa shape index (κ1) is 17.3. The summed E-state index contributed by atoms with van der Waals surface area (Å²) in [4.78, 5) is 11.6. The Morgan fingerprint density at radius 2 is 1.90 bits per heavy atom. The van der Waals surface area contributed by atoms with Crippen molar-refractivity contribution in [1.82, 2.24) is 10.6 Å². The van der Waals surface area contributed by atoms with Gasteiger partial charge in [0.2, 0.25) is 0 Å². The Kier molecular flexibility index (Phi) is 6.99. The van der Waals surface area contributed by atoms with Crippen molar-refractivity contribution < 1.29 is 9.53 Å². The maximum atomic E-state index is 11.6. The van der Waals surface area contributed by atoms with Gasteiger partial charge in [-0.2, -0.15) is 0 Å². The van der Waals surface area contributed by atoms with E-state index in [1.165, 1.54) is 0 Å². The molecule has 0 saturated carbocycles. The quantitative estimate of drug-likeness (QED) is 0.861. The fourth-order valence-electron chi connectivity index (χ4n) is 1.83. The number of likely N-dealkylation sites (N-methyl/N-ethyl adjacent to an activating group) is 1. The van der Waals surface area contributed by atoms with E-state index in [9.17, 15) is 4.79 Å². The van der Waals surface area contributed by atoms with Gasteiger partial charge in [-0.3, -0.25) is 4.79 Å². The van der Waals surface area contributed by atoms with Gasteiger partial charge in [-0.05, 0) is 36.9 Å². The monoisotopic (exact) mass is 308 g/mol. The molecule has 0 radical (unpaired) electrons. The summed E-state index contributed by atoms with van der Waals surface area (Å²) in [5.41, 5.74) is 0. The van der Waals surface area contributed by atoms with Crippen LogP contribution in [0.4, 0.5) is 0 Å². The van der Waals surface area contributed by atoms with E-state index < -0.39 is 0 Å². The van der Waals surface area contributed by atoms with Gasteiger partial charge in [-0.15, -0.1) is 12.4 Å². The van der Waals surface area contributed by atoms with Crippen molar-refractivity contribution in [1.29, 1.82) is 0 Å². The highest BCUT2D eigenvalue weighted by molar-refractivity contribution is 5.85. The van der Waals surface area contributed by atoms with Crippen LogP contribution in [0.3, 0.4) is 0 Å². The second-order valence-electron chi connectivity index (χ2n) is 4.79. The van der Waals surface area contributed by atoms with Gasteiger partial charge >= 0.3 is 0 Å². The van der Waals surface area contributed by atoms with Gasteiger partial charge in [-0.1, -0.05) is 30.3 Å². The number of hydrogen-bond donors (Lipinski definition) is 2. The molecule has 0 fully saturated rings. The van der Waals surface area contributed by atoms with Crippen molar-refractivity contribution in [3.63, 3.8) is 0 Å². The third-order valence-corrected chi connectivity index (χ3v) is 3.19. The minimum Gasteiger partial charge on any atom is -0.484 e. The molecule has 0 aromatic heterocycles. The normalized spacial score (nSPS) is 11.5. The highest BCUT2D eigenvalue weighted by Crippen LogP contribution is 2.20. The Balaban J connectivity index is 0.00000220. The highest BCUT2D eigenvalue weighted by Gasteiger charge is 2.05. The summed E-state index contributed by atoms with van der Waals surface area (Å²) >= 11 is 0. The molecule has 5 heteroatoms. The third kappa shape index (κ3) is 5.25. The molecule has 2 N–H and O–H groups in total. The summed E-state index contributed by atoms with van der Waals surface area (Å²) in [5, 5.41) is 8.14. The number of nitrogens with one attached hydrogen (secondary N) is 2. The van der Waals surface area contributed by atoms with E-state index in [0.29, 0.717) is 12.3 Å². The summed E-state index contributed by atoms with van der Waals surface area (Å²) in [6.07, 6.45) is 0. The van der Waals surface area contributed by atoms with Crippen LogP contribution >= 0.6 is 12.4 Å². The molecular weight excluding hydrogens is 288 g/mol. The molecule has 1 atom stereocenters. The van der Waals surface area contributed by atoms with Crippen LogP contribution in [0.2, 0.25) is 0 Å². The van der Waals surface area contributed by atoms with Crippen LogP contribution in [0, 0.1) is 0 Å². The average Bonchev–Trinajstić information content (AvgIpc) is 2.50. The lowest BCUT2D eigenvalue weighted by molar-refractivity contribution is -0.123. The van der Waals surface area contributed by atoms with E-state index >= 15 is 0 Å². The number of carbonyl (C=O) groups excluding carboxylic acids is 1. The molecule has 0 aliphatic rings. The summed E-state index contributed by atoms with van der Waals surface area (Å²) in [6.45, 7) is 2.63. The van der Waals surface area contributed by atoms with Crippen LogP contribution in [0.5, 0.6) is 5.75 Å². The highest BCUT2D eigenvalue weighted by atomic mass is 35.5. The van der Waals surface area contributed by atoms with E-state index in [1.54, 1.807) is 0 Å². The van der Waals surface area contributed by atoms with Crippen molar-refractivity contribution in [3.8, 4) is 5.75 Å². The molecule has 1 amide bonds. The number of rotatable bonds is 6. The first-order valence-electron chi connectivity index (χ1n) is 6.74. The van der Waals surface area contributed by atoms with Crippen molar-refractivity contribution in [3.05, 3.63) is 42.5 Å². The fraction of sp³-hybridized carbons (Fsp3) is 0.312. The van der Waals surface area contributed by atoms with Gasteiger partial charge in [0, 0.05) is 12.6 Å². The van der Waals surface area contributed by atoms with Gasteiger partial charge in [0.15, 0.2) is 6.61 Å². The molecule has 21 heavy (non-hydrogen) atoms. The molecule has 2 rings (SSSR count). The lowest BCUT2D eigenvalue weighted by Gasteiger charge is -2.12. The Morgan fingerprint density at radius 3 is 2.62 bits per heavy atom. The Bertz CT molecular complexity index is 589. The summed E-state index contributed by atoms with van der Waals surface area (Å²) in [5.74, 6) is 0.598. The molecule has 0 bridgehead atoms. The Hall–Kier alpha value is -1.78. The molecule has 0 spiro atoms. The molecule has 0 aliphatic heterocycles. The van der Waals surface area contributed by atoms with E-state index in [0.717, 1.165) is 10.8 Å². The van der Waals surface area contributed by atoms with Crippen LogP contribution in [0.1, 0.15) is 6.92 Å².